The minimum Gasteiger partial charge on any atom is -0.478 e. The number of carbonyl (C=O) groups excluding carboxylic acids is 1. The fourth-order valence-corrected chi connectivity index (χ4v) is 2.77. The Kier molecular flexibility index (Phi) is 6.27. The molecule has 1 heterocycles. The van der Waals surface area contributed by atoms with E-state index in [9.17, 15) is 18.4 Å². The molecule has 0 radical (unpaired) electrons. The smallest absolute Gasteiger partial charge is 0.335 e. The number of carbonyl (C=O) groups is 2. The molecule has 1 unspecified atom stereocenters. The third-order valence-corrected chi connectivity index (χ3v) is 4.40. The van der Waals surface area contributed by atoms with E-state index >= 15 is 0 Å². The molecule has 30 heavy (non-hydrogen) atoms. The second kappa shape index (κ2) is 8.87. The van der Waals surface area contributed by atoms with Gasteiger partial charge in [-0.1, -0.05) is 29.8 Å². The molecule has 0 bridgehead atoms. The molecular weight excluding hydrogens is 418 g/mol. The number of hydrogen-bond donors (Lipinski definition) is 2. The van der Waals surface area contributed by atoms with Crippen LogP contribution in [0.2, 0.25) is 5.02 Å². The maximum Gasteiger partial charge on any atom is 0.335 e. The first-order chi connectivity index (χ1) is 14.3. The fraction of sp³-hybridized carbons (Fsp3) is 0.0952. The zero-order valence-electron chi connectivity index (χ0n) is 15.5. The Hall–Kier alpha value is -3.52. The molecule has 0 saturated heterocycles. The Labute approximate surface area is 175 Å². The normalized spacial score (nSPS) is 11.6. The molecule has 2 aromatic carbocycles. The summed E-state index contributed by atoms with van der Waals surface area (Å²) in [6.07, 6.45) is 1.21. The number of hydrogen-bond acceptors (Lipinski definition) is 4. The molecule has 1 atom stereocenters. The molecule has 0 spiro atoms. The molecule has 1 aromatic heterocycles. The Morgan fingerprint density at radius 3 is 2.53 bits per heavy atom. The lowest BCUT2D eigenvalue weighted by Gasteiger charge is -2.16. The van der Waals surface area contributed by atoms with Gasteiger partial charge < -0.3 is 15.2 Å². The van der Waals surface area contributed by atoms with Gasteiger partial charge in [0, 0.05) is 6.20 Å². The van der Waals surface area contributed by atoms with Crippen LogP contribution in [-0.4, -0.2) is 22.0 Å². The van der Waals surface area contributed by atoms with Gasteiger partial charge in [-0.15, -0.1) is 0 Å². The third kappa shape index (κ3) is 4.72. The molecular formula is C21H15ClF2N2O4. The van der Waals surface area contributed by atoms with Crippen LogP contribution in [0.1, 0.15) is 39.2 Å². The van der Waals surface area contributed by atoms with Crippen LogP contribution in [0.25, 0.3) is 0 Å². The molecule has 3 aromatic rings. The maximum atomic E-state index is 13.9. The first-order valence-corrected chi connectivity index (χ1v) is 9.05. The Bertz CT molecular complexity index is 1110. The van der Waals surface area contributed by atoms with E-state index in [1.165, 1.54) is 36.5 Å². The first-order valence-electron chi connectivity index (χ1n) is 8.67. The van der Waals surface area contributed by atoms with E-state index in [1.54, 1.807) is 19.1 Å². The van der Waals surface area contributed by atoms with Gasteiger partial charge in [-0.3, -0.25) is 4.79 Å². The van der Waals surface area contributed by atoms with Gasteiger partial charge in [0.25, 0.3) is 5.91 Å². The van der Waals surface area contributed by atoms with Crippen molar-refractivity contribution in [3.63, 3.8) is 0 Å². The van der Waals surface area contributed by atoms with E-state index in [-0.39, 0.29) is 22.0 Å². The minimum atomic E-state index is -1.22. The summed E-state index contributed by atoms with van der Waals surface area (Å²) in [7, 11) is 0. The average Bonchev–Trinajstić information content (AvgIpc) is 2.72. The van der Waals surface area contributed by atoms with Crippen LogP contribution in [0.3, 0.4) is 0 Å². The molecule has 6 nitrogen and oxygen atoms in total. The lowest BCUT2D eigenvalue weighted by atomic mass is 10.1. The zero-order valence-corrected chi connectivity index (χ0v) is 16.3. The van der Waals surface area contributed by atoms with Crippen LogP contribution in [0, 0.1) is 11.6 Å². The second-order valence-corrected chi connectivity index (χ2v) is 6.72. The third-order valence-electron chi connectivity index (χ3n) is 4.19. The van der Waals surface area contributed by atoms with Gasteiger partial charge in [0.2, 0.25) is 11.7 Å². The zero-order chi connectivity index (χ0) is 21.8. The topological polar surface area (TPSA) is 88.5 Å². The number of carboxylic acid groups (broad SMARTS) is 1. The SMILES string of the molecule is CC(NC(=O)c1cc(Cl)cnc1Oc1cccc(F)c1F)c1ccc(C(=O)O)cc1. The molecule has 0 aliphatic rings. The molecule has 1 amide bonds. The van der Waals surface area contributed by atoms with E-state index in [1.807, 2.05) is 0 Å². The predicted molar refractivity (Wildman–Crippen MR) is 105 cm³/mol. The minimum absolute atomic E-state index is 0.0832. The van der Waals surface area contributed by atoms with Crippen molar-refractivity contribution in [2.24, 2.45) is 0 Å². The van der Waals surface area contributed by atoms with Crippen molar-refractivity contribution in [2.45, 2.75) is 13.0 Å². The van der Waals surface area contributed by atoms with Crippen molar-refractivity contribution in [1.82, 2.24) is 10.3 Å². The van der Waals surface area contributed by atoms with Crippen molar-refractivity contribution >= 4 is 23.5 Å². The standard InChI is InChI=1S/C21H15ClF2N2O4/c1-11(12-5-7-13(8-6-12)21(28)29)26-19(27)15-9-14(22)10-25-20(15)30-17-4-2-3-16(23)18(17)24/h2-11H,1H3,(H,26,27)(H,28,29). The summed E-state index contributed by atoms with van der Waals surface area (Å²) in [5, 5.41) is 11.8. The molecule has 0 saturated carbocycles. The highest BCUT2D eigenvalue weighted by atomic mass is 35.5. The van der Waals surface area contributed by atoms with E-state index in [4.69, 9.17) is 21.4 Å². The predicted octanol–water partition coefficient (Wildman–Crippen LogP) is 4.99. The quantitative estimate of drug-likeness (QED) is 0.572. The van der Waals surface area contributed by atoms with Gasteiger partial charge in [-0.25, -0.2) is 14.2 Å². The molecule has 9 heteroatoms. The van der Waals surface area contributed by atoms with Crippen molar-refractivity contribution in [1.29, 1.82) is 0 Å². The molecule has 0 fully saturated rings. The number of aromatic nitrogens is 1. The molecule has 0 aliphatic heterocycles. The molecule has 154 valence electrons. The van der Waals surface area contributed by atoms with Gasteiger partial charge in [0.1, 0.15) is 5.56 Å². The summed E-state index contributed by atoms with van der Waals surface area (Å²) in [6.45, 7) is 1.69. The van der Waals surface area contributed by atoms with E-state index < -0.39 is 35.3 Å². The Morgan fingerprint density at radius 2 is 1.87 bits per heavy atom. The summed E-state index contributed by atoms with van der Waals surface area (Å²) >= 11 is 5.93. The van der Waals surface area contributed by atoms with Gasteiger partial charge in [-0.2, -0.15) is 4.39 Å². The number of amides is 1. The van der Waals surface area contributed by atoms with Crippen molar-refractivity contribution in [2.75, 3.05) is 0 Å². The van der Waals surface area contributed by atoms with Crippen LogP contribution in [-0.2, 0) is 0 Å². The number of rotatable bonds is 6. The number of halogens is 3. The summed E-state index contributed by atoms with van der Waals surface area (Å²) < 4.78 is 32.7. The number of aromatic carboxylic acids is 1. The van der Waals surface area contributed by atoms with Crippen LogP contribution in [0.5, 0.6) is 11.6 Å². The first kappa shape index (κ1) is 21.2. The average molecular weight is 433 g/mol. The highest BCUT2D eigenvalue weighted by Gasteiger charge is 2.20. The number of carboxylic acids is 1. The Morgan fingerprint density at radius 1 is 1.17 bits per heavy atom. The van der Waals surface area contributed by atoms with Crippen LogP contribution >= 0.6 is 11.6 Å². The largest absolute Gasteiger partial charge is 0.478 e. The monoisotopic (exact) mass is 432 g/mol. The van der Waals surface area contributed by atoms with Crippen LogP contribution in [0.15, 0.2) is 54.7 Å². The van der Waals surface area contributed by atoms with Crippen molar-refractivity contribution in [3.05, 3.63) is 88.1 Å². The maximum absolute atomic E-state index is 13.9. The van der Waals surface area contributed by atoms with E-state index in [0.29, 0.717) is 5.56 Å². The van der Waals surface area contributed by atoms with E-state index in [0.717, 1.165) is 6.07 Å². The number of nitrogens with one attached hydrogen (secondary N) is 1. The van der Waals surface area contributed by atoms with Crippen molar-refractivity contribution in [3.8, 4) is 11.6 Å². The summed E-state index contributed by atoms with van der Waals surface area (Å²) in [6, 6.07) is 10.2. The number of pyridine rings is 1. The number of benzene rings is 2. The highest BCUT2D eigenvalue weighted by molar-refractivity contribution is 6.30. The number of ether oxygens (including phenoxy) is 1. The van der Waals surface area contributed by atoms with E-state index in [2.05, 4.69) is 10.3 Å². The second-order valence-electron chi connectivity index (χ2n) is 6.28. The van der Waals surface area contributed by atoms with Gasteiger partial charge in [0.15, 0.2) is 11.6 Å². The molecule has 0 aliphatic carbocycles. The lowest BCUT2D eigenvalue weighted by Crippen LogP contribution is -2.27. The summed E-state index contributed by atoms with van der Waals surface area (Å²) in [5.74, 6) is -4.69. The van der Waals surface area contributed by atoms with Gasteiger partial charge >= 0.3 is 5.97 Å². The van der Waals surface area contributed by atoms with Gasteiger partial charge in [0.05, 0.1) is 16.6 Å². The Balaban J connectivity index is 1.83. The molecule has 3 rings (SSSR count). The van der Waals surface area contributed by atoms with Crippen LogP contribution in [0.4, 0.5) is 8.78 Å². The van der Waals surface area contributed by atoms with Crippen molar-refractivity contribution < 1.29 is 28.2 Å². The summed E-state index contributed by atoms with van der Waals surface area (Å²) in [4.78, 5) is 27.6. The summed E-state index contributed by atoms with van der Waals surface area (Å²) in [5.41, 5.74) is 0.686. The highest BCUT2D eigenvalue weighted by Crippen LogP contribution is 2.29. The lowest BCUT2D eigenvalue weighted by molar-refractivity contribution is 0.0696. The molecule has 2 N–H and O–H groups in total. The van der Waals surface area contributed by atoms with Crippen LogP contribution < -0.4 is 10.1 Å². The van der Waals surface area contributed by atoms with Gasteiger partial charge in [-0.05, 0) is 42.8 Å². The number of nitrogens with zero attached hydrogens (tertiary/aromatic N) is 1. The fourth-order valence-electron chi connectivity index (χ4n) is 2.61.